The Balaban J connectivity index is 2.45. The van der Waals surface area contributed by atoms with Gasteiger partial charge in [-0.25, -0.2) is 0 Å². The summed E-state index contributed by atoms with van der Waals surface area (Å²) in [6.07, 6.45) is 0. The van der Waals surface area contributed by atoms with Crippen molar-refractivity contribution >= 4 is 11.6 Å². The van der Waals surface area contributed by atoms with Crippen molar-refractivity contribution in [1.29, 1.82) is 5.26 Å². The van der Waals surface area contributed by atoms with Crippen LogP contribution in [0.5, 0.6) is 23.0 Å². The lowest BCUT2D eigenvalue weighted by atomic mass is 10.1. The molecule has 0 saturated carbocycles. The van der Waals surface area contributed by atoms with Crippen LogP contribution in [0.1, 0.15) is 11.1 Å². The SMILES string of the molecule is COc1cccc(OC)c1Oc1ccc(CCl)cc1C#N. The number of hydrogen-bond acceptors (Lipinski definition) is 4. The van der Waals surface area contributed by atoms with Gasteiger partial charge in [-0.3, -0.25) is 0 Å². The average molecular weight is 304 g/mol. The molecule has 5 heteroatoms. The van der Waals surface area contributed by atoms with E-state index >= 15 is 0 Å². The summed E-state index contributed by atoms with van der Waals surface area (Å²) in [6, 6.07) is 12.6. The molecule has 2 aromatic rings. The predicted octanol–water partition coefficient (Wildman–Crippen LogP) is 4.11. The summed E-state index contributed by atoms with van der Waals surface area (Å²) in [5.74, 6) is 2.25. The van der Waals surface area contributed by atoms with Gasteiger partial charge in [-0.15, -0.1) is 11.6 Å². The summed E-state index contributed by atoms with van der Waals surface area (Å²) in [5.41, 5.74) is 1.26. The van der Waals surface area contributed by atoms with E-state index in [-0.39, 0.29) is 0 Å². The number of ether oxygens (including phenoxy) is 3. The van der Waals surface area contributed by atoms with E-state index in [1.54, 1.807) is 44.6 Å². The van der Waals surface area contributed by atoms with Gasteiger partial charge in [0.2, 0.25) is 5.75 Å². The number of halogens is 1. The summed E-state index contributed by atoms with van der Waals surface area (Å²) in [5, 5.41) is 9.23. The molecule has 0 bridgehead atoms. The van der Waals surface area contributed by atoms with Crippen LogP contribution < -0.4 is 14.2 Å². The zero-order valence-electron chi connectivity index (χ0n) is 11.7. The smallest absolute Gasteiger partial charge is 0.211 e. The van der Waals surface area contributed by atoms with Crippen LogP contribution in [-0.4, -0.2) is 14.2 Å². The molecule has 0 spiro atoms. The molecule has 0 unspecified atom stereocenters. The Morgan fingerprint density at radius 3 is 2.24 bits per heavy atom. The number of hydrogen-bond donors (Lipinski definition) is 0. The Kier molecular flexibility index (Phi) is 4.91. The summed E-state index contributed by atoms with van der Waals surface area (Å²) in [4.78, 5) is 0. The van der Waals surface area contributed by atoms with Gasteiger partial charge in [0.05, 0.1) is 19.8 Å². The minimum atomic E-state index is 0.340. The quantitative estimate of drug-likeness (QED) is 0.780. The Labute approximate surface area is 128 Å². The zero-order chi connectivity index (χ0) is 15.2. The van der Waals surface area contributed by atoms with Gasteiger partial charge < -0.3 is 14.2 Å². The molecule has 4 nitrogen and oxygen atoms in total. The second-order valence-electron chi connectivity index (χ2n) is 4.17. The number of nitriles is 1. The molecule has 2 rings (SSSR count). The number of rotatable bonds is 5. The molecule has 0 aliphatic carbocycles. The van der Waals surface area contributed by atoms with Crippen LogP contribution >= 0.6 is 11.6 Å². The molecule has 0 amide bonds. The van der Waals surface area contributed by atoms with Gasteiger partial charge in [0, 0.05) is 5.88 Å². The highest BCUT2D eigenvalue weighted by molar-refractivity contribution is 6.17. The summed E-state index contributed by atoms with van der Waals surface area (Å²) in [6.45, 7) is 0. The minimum absolute atomic E-state index is 0.340. The Morgan fingerprint density at radius 2 is 1.71 bits per heavy atom. The fourth-order valence-electron chi connectivity index (χ4n) is 1.86. The van der Waals surface area contributed by atoms with Crippen LogP contribution in [0.3, 0.4) is 0 Å². The molecule has 0 heterocycles. The van der Waals surface area contributed by atoms with Crippen molar-refractivity contribution in [2.45, 2.75) is 5.88 Å². The Bertz CT molecular complexity index is 657. The highest BCUT2D eigenvalue weighted by Crippen LogP contribution is 2.40. The highest BCUT2D eigenvalue weighted by Gasteiger charge is 2.14. The van der Waals surface area contributed by atoms with E-state index in [9.17, 15) is 5.26 Å². The molecule has 2 aromatic carbocycles. The summed E-state index contributed by atoms with van der Waals surface area (Å²) < 4.78 is 16.4. The van der Waals surface area contributed by atoms with E-state index in [1.165, 1.54) is 0 Å². The van der Waals surface area contributed by atoms with Gasteiger partial charge in [0.15, 0.2) is 11.5 Å². The van der Waals surface area contributed by atoms with Crippen molar-refractivity contribution in [2.24, 2.45) is 0 Å². The fraction of sp³-hybridized carbons (Fsp3) is 0.188. The monoisotopic (exact) mass is 303 g/mol. The van der Waals surface area contributed by atoms with Crippen LogP contribution in [0.2, 0.25) is 0 Å². The molecule has 0 aliphatic rings. The lowest BCUT2D eigenvalue weighted by Gasteiger charge is -2.14. The van der Waals surface area contributed by atoms with Crippen LogP contribution in [-0.2, 0) is 5.88 Å². The third kappa shape index (κ3) is 3.21. The fourth-order valence-corrected chi connectivity index (χ4v) is 2.03. The van der Waals surface area contributed by atoms with Gasteiger partial charge in [0.1, 0.15) is 11.8 Å². The Hall–Kier alpha value is -2.38. The number of methoxy groups -OCH3 is 2. The van der Waals surface area contributed by atoms with E-state index < -0.39 is 0 Å². The van der Waals surface area contributed by atoms with Crippen LogP contribution in [0.15, 0.2) is 36.4 Å². The first-order valence-corrected chi connectivity index (χ1v) is 6.74. The van der Waals surface area contributed by atoms with Crippen molar-refractivity contribution in [2.75, 3.05) is 14.2 Å². The highest BCUT2D eigenvalue weighted by atomic mass is 35.5. The average Bonchev–Trinajstić information content (AvgIpc) is 2.55. The third-order valence-electron chi connectivity index (χ3n) is 2.91. The van der Waals surface area contributed by atoms with E-state index in [0.717, 1.165) is 5.56 Å². The molecule has 0 atom stereocenters. The second kappa shape index (κ2) is 6.87. The van der Waals surface area contributed by atoms with Crippen LogP contribution in [0, 0.1) is 11.3 Å². The zero-order valence-corrected chi connectivity index (χ0v) is 12.5. The number of alkyl halides is 1. The van der Waals surface area contributed by atoms with Gasteiger partial charge >= 0.3 is 0 Å². The first kappa shape index (κ1) is 15.0. The normalized spacial score (nSPS) is 9.81. The maximum Gasteiger partial charge on any atom is 0.211 e. The lowest BCUT2D eigenvalue weighted by molar-refractivity contribution is 0.346. The molecule has 0 aliphatic heterocycles. The van der Waals surface area contributed by atoms with E-state index in [2.05, 4.69) is 6.07 Å². The Morgan fingerprint density at radius 1 is 1.05 bits per heavy atom. The molecular weight excluding hydrogens is 290 g/mol. The second-order valence-corrected chi connectivity index (χ2v) is 4.44. The van der Waals surface area contributed by atoms with Gasteiger partial charge in [0.25, 0.3) is 0 Å². The molecule has 0 radical (unpaired) electrons. The first-order chi connectivity index (χ1) is 10.2. The first-order valence-electron chi connectivity index (χ1n) is 6.21. The van der Waals surface area contributed by atoms with Crippen LogP contribution in [0.4, 0.5) is 0 Å². The summed E-state index contributed by atoms with van der Waals surface area (Å²) in [7, 11) is 3.09. The third-order valence-corrected chi connectivity index (χ3v) is 3.22. The standard InChI is InChI=1S/C16H14ClNO3/c1-19-14-4-3-5-15(20-2)16(14)21-13-7-6-11(9-17)8-12(13)10-18/h3-8H,9H2,1-2H3. The minimum Gasteiger partial charge on any atom is -0.493 e. The van der Waals surface area contributed by atoms with E-state index in [4.69, 9.17) is 25.8 Å². The maximum absolute atomic E-state index is 9.23. The van der Waals surface area contributed by atoms with Gasteiger partial charge in [-0.2, -0.15) is 5.26 Å². The topological polar surface area (TPSA) is 51.5 Å². The van der Waals surface area contributed by atoms with E-state index in [0.29, 0.717) is 34.4 Å². The summed E-state index contributed by atoms with van der Waals surface area (Å²) >= 11 is 5.77. The van der Waals surface area contributed by atoms with Crippen molar-refractivity contribution in [1.82, 2.24) is 0 Å². The number of para-hydroxylation sites is 1. The van der Waals surface area contributed by atoms with Crippen molar-refractivity contribution < 1.29 is 14.2 Å². The maximum atomic E-state index is 9.23. The molecule has 0 N–H and O–H groups in total. The molecule has 0 saturated heterocycles. The van der Waals surface area contributed by atoms with Crippen molar-refractivity contribution in [3.05, 3.63) is 47.5 Å². The molecular formula is C16H14ClNO3. The molecule has 21 heavy (non-hydrogen) atoms. The molecule has 0 fully saturated rings. The molecule has 0 aromatic heterocycles. The largest absolute Gasteiger partial charge is 0.493 e. The molecule has 108 valence electrons. The van der Waals surface area contributed by atoms with Crippen molar-refractivity contribution in [3.8, 4) is 29.1 Å². The lowest BCUT2D eigenvalue weighted by Crippen LogP contribution is -1.96. The van der Waals surface area contributed by atoms with Crippen molar-refractivity contribution in [3.63, 3.8) is 0 Å². The van der Waals surface area contributed by atoms with Gasteiger partial charge in [-0.1, -0.05) is 12.1 Å². The predicted molar refractivity (Wildman–Crippen MR) is 80.3 cm³/mol. The van der Waals surface area contributed by atoms with Crippen LogP contribution in [0.25, 0.3) is 0 Å². The van der Waals surface area contributed by atoms with E-state index in [1.807, 2.05) is 6.07 Å². The van der Waals surface area contributed by atoms with Gasteiger partial charge in [-0.05, 0) is 29.8 Å². The number of nitrogens with zero attached hydrogens (tertiary/aromatic N) is 1. The number of benzene rings is 2.